The molecule has 1 N–H and O–H groups in total. The lowest BCUT2D eigenvalue weighted by Crippen LogP contribution is -2.06. The Labute approximate surface area is 186 Å². The summed E-state index contributed by atoms with van der Waals surface area (Å²) in [4.78, 5) is 4.40. The molecule has 0 spiro atoms. The fourth-order valence-electron chi connectivity index (χ4n) is 3.60. The number of fused-ring (bicyclic) bond motifs is 2. The van der Waals surface area contributed by atoms with Gasteiger partial charge in [-0.3, -0.25) is 5.41 Å². The quantitative estimate of drug-likeness (QED) is 0.365. The van der Waals surface area contributed by atoms with Crippen LogP contribution in [0.15, 0.2) is 83.7 Å². The van der Waals surface area contributed by atoms with Crippen molar-refractivity contribution in [3.05, 3.63) is 95.7 Å². The van der Waals surface area contributed by atoms with Gasteiger partial charge >= 0.3 is 6.18 Å². The van der Waals surface area contributed by atoms with Crippen LogP contribution in [0.3, 0.4) is 0 Å². The van der Waals surface area contributed by atoms with E-state index in [0.29, 0.717) is 41.2 Å². The van der Waals surface area contributed by atoms with Crippen LogP contribution in [0.1, 0.15) is 11.1 Å². The Balaban J connectivity index is 1.31. The molecular formula is C25H18F3N3O2. The van der Waals surface area contributed by atoms with Gasteiger partial charge in [-0.05, 0) is 54.1 Å². The van der Waals surface area contributed by atoms with E-state index in [1.807, 2.05) is 28.8 Å². The normalized spacial score (nSPS) is 11.8. The first-order valence-electron chi connectivity index (χ1n) is 10.2. The van der Waals surface area contributed by atoms with Crippen LogP contribution in [0, 0.1) is 5.41 Å². The van der Waals surface area contributed by atoms with E-state index in [4.69, 9.17) is 14.6 Å². The van der Waals surface area contributed by atoms with Gasteiger partial charge in [-0.25, -0.2) is 4.98 Å². The number of nitrogens with one attached hydrogen (secondary N) is 1. The molecule has 0 aliphatic carbocycles. The second kappa shape index (κ2) is 8.12. The van der Waals surface area contributed by atoms with Crippen LogP contribution in [0.25, 0.3) is 27.9 Å². The Hall–Kier alpha value is -4.07. The van der Waals surface area contributed by atoms with E-state index in [1.54, 1.807) is 30.6 Å². The minimum atomic E-state index is -4.34. The van der Waals surface area contributed by atoms with Crippen molar-refractivity contribution < 1.29 is 22.3 Å². The number of ether oxygens (including phenoxy) is 1. The van der Waals surface area contributed by atoms with Gasteiger partial charge in [0, 0.05) is 29.6 Å². The Kier molecular flexibility index (Phi) is 5.12. The Morgan fingerprint density at radius 1 is 1.00 bits per heavy atom. The summed E-state index contributed by atoms with van der Waals surface area (Å²) in [5.41, 5.74) is 2.21. The summed E-state index contributed by atoms with van der Waals surface area (Å²) < 4.78 is 51.6. The molecule has 0 amide bonds. The van der Waals surface area contributed by atoms with E-state index < -0.39 is 11.7 Å². The van der Waals surface area contributed by atoms with Crippen molar-refractivity contribution in [3.63, 3.8) is 0 Å². The lowest BCUT2D eigenvalue weighted by Gasteiger charge is -2.10. The van der Waals surface area contributed by atoms with E-state index in [1.165, 1.54) is 12.1 Å². The van der Waals surface area contributed by atoms with E-state index >= 15 is 0 Å². The Morgan fingerprint density at radius 2 is 1.82 bits per heavy atom. The zero-order chi connectivity index (χ0) is 23.0. The maximum atomic E-state index is 12.7. The molecule has 0 aliphatic heterocycles. The van der Waals surface area contributed by atoms with Gasteiger partial charge in [0.1, 0.15) is 17.0 Å². The summed E-state index contributed by atoms with van der Waals surface area (Å²) in [7, 11) is 0. The second-order valence-corrected chi connectivity index (χ2v) is 7.59. The van der Waals surface area contributed by atoms with Crippen molar-refractivity contribution in [2.24, 2.45) is 0 Å². The fraction of sp³-hybridized carbons (Fsp3) is 0.120. The summed E-state index contributed by atoms with van der Waals surface area (Å²) in [5, 5.41) is 9.29. The summed E-state index contributed by atoms with van der Waals surface area (Å²) in [5.74, 6) is 1.05. The molecule has 0 aliphatic rings. The van der Waals surface area contributed by atoms with Crippen LogP contribution in [-0.4, -0.2) is 16.0 Å². The van der Waals surface area contributed by atoms with Gasteiger partial charge in [-0.15, -0.1) is 0 Å². The molecule has 166 valence electrons. The molecule has 0 atom stereocenters. The standard InChI is InChI=1S/C25H18F3N3O2/c26-25(27,28)17-5-3-16(4-6-17)9-11-32-19-7-8-23-20(13-19)21(29)14-24(33-23)22-12-18-2-1-10-31(18)15-30-22/h1-8,10,12-15,29H,9,11H2. The topological polar surface area (TPSA) is 63.5 Å². The molecule has 5 aromatic rings. The summed E-state index contributed by atoms with van der Waals surface area (Å²) in [6, 6.07) is 17.6. The molecule has 3 aromatic heterocycles. The smallest absolute Gasteiger partial charge is 0.416 e. The number of alkyl halides is 3. The predicted octanol–water partition coefficient (Wildman–Crippen LogP) is 5.87. The first-order valence-corrected chi connectivity index (χ1v) is 10.2. The van der Waals surface area contributed by atoms with Gasteiger partial charge in [-0.2, -0.15) is 13.2 Å². The average molecular weight is 449 g/mol. The van der Waals surface area contributed by atoms with Gasteiger partial charge in [0.2, 0.25) is 0 Å². The van der Waals surface area contributed by atoms with E-state index in [9.17, 15) is 13.2 Å². The summed E-state index contributed by atoms with van der Waals surface area (Å²) in [6.07, 6.45) is -0.286. The third kappa shape index (κ3) is 4.32. The molecule has 3 heterocycles. The highest BCUT2D eigenvalue weighted by atomic mass is 19.4. The number of halogens is 3. The van der Waals surface area contributed by atoms with Crippen molar-refractivity contribution in [2.45, 2.75) is 12.6 Å². The molecule has 0 saturated carbocycles. The molecule has 33 heavy (non-hydrogen) atoms. The molecule has 0 fully saturated rings. The third-order valence-corrected chi connectivity index (χ3v) is 5.35. The van der Waals surface area contributed by atoms with Crippen molar-refractivity contribution in [3.8, 4) is 17.2 Å². The van der Waals surface area contributed by atoms with Gasteiger partial charge in [0.25, 0.3) is 0 Å². The first kappa shape index (κ1) is 20.8. The van der Waals surface area contributed by atoms with Crippen LogP contribution in [-0.2, 0) is 12.6 Å². The molecule has 8 heteroatoms. The van der Waals surface area contributed by atoms with Crippen molar-refractivity contribution >= 4 is 16.5 Å². The van der Waals surface area contributed by atoms with E-state index in [0.717, 1.165) is 23.2 Å². The van der Waals surface area contributed by atoms with Crippen molar-refractivity contribution in [2.75, 3.05) is 6.61 Å². The van der Waals surface area contributed by atoms with E-state index in [-0.39, 0.29) is 5.36 Å². The second-order valence-electron chi connectivity index (χ2n) is 7.59. The SMILES string of the molecule is N=c1cc(-c2cc3cccn3cn2)oc2ccc(OCCc3ccc(C(F)(F)F)cc3)cc12. The zero-order valence-corrected chi connectivity index (χ0v) is 17.3. The number of nitrogens with zero attached hydrogens (tertiary/aromatic N) is 2. The van der Waals surface area contributed by atoms with Gasteiger partial charge in [0.05, 0.1) is 23.9 Å². The third-order valence-electron chi connectivity index (χ3n) is 5.35. The minimum Gasteiger partial charge on any atom is -0.493 e. The molecule has 5 nitrogen and oxygen atoms in total. The predicted molar refractivity (Wildman–Crippen MR) is 117 cm³/mol. The summed E-state index contributed by atoms with van der Waals surface area (Å²) in [6.45, 7) is 0.292. The van der Waals surface area contributed by atoms with Crippen molar-refractivity contribution in [1.29, 1.82) is 5.41 Å². The van der Waals surface area contributed by atoms with Crippen LogP contribution in [0.5, 0.6) is 5.75 Å². The molecule has 0 saturated heterocycles. The highest BCUT2D eigenvalue weighted by Crippen LogP contribution is 2.29. The molecule has 0 bridgehead atoms. The average Bonchev–Trinajstić information content (AvgIpc) is 3.27. The van der Waals surface area contributed by atoms with Gasteiger partial charge < -0.3 is 13.6 Å². The van der Waals surface area contributed by atoms with Crippen LogP contribution < -0.4 is 10.1 Å². The number of benzene rings is 2. The first-order chi connectivity index (χ1) is 15.9. The molecular weight excluding hydrogens is 431 g/mol. The Bertz CT molecular complexity index is 1500. The van der Waals surface area contributed by atoms with Gasteiger partial charge in [0.15, 0.2) is 5.76 Å². The van der Waals surface area contributed by atoms with E-state index in [2.05, 4.69) is 4.98 Å². The van der Waals surface area contributed by atoms with Crippen LogP contribution in [0.2, 0.25) is 0 Å². The fourth-order valence-corrected chi connectivity index (χ4v) is 3.60. The zero-order valence-electron chi connectivity index (χ0n) is 17.3. The highest BCUT2D eigenvalue weighted by molar-refractivity contribution is 5.79. The maximum absolute atomic E-state index is 12.7. The largest absolute Gasteiger partial charge is 0.493 e. The number of hydrogen-bond acceptors (Lipinski definition) is 4. The number of aromatic nitrogens is 2. The number of hydrogen-bond donors (Lipinski definition) is 1. The monoisotopic (exact) mass is 449 g/mol. The van der Waals surface area contributed by atoms with Crippen molar-refractivity contribution in [1.82, 2.24) is 9.38 Å². The lowest BCUT2D eigenvalue weighted by molar-refractivity contribution is -0.137. The summed E-state index contributed by atoms with van der Waals surface area (Å²) >= 11 is 0. The highest BCUT2D eigenvalue weighted by Gasteiger charge is 2.29. The van der Waals surface area contributed by atoms with Crippen LogP contribution in [0.4, 0.5) is 13.2 Å². The maximum Gasteiger partial charge on any atom is 0.416 e. The van der Waals surface area contributed by atoms with Gasteiger partial charge in [-0.1, -0.05) is 12.1 Å². The number of rotatable bonds is 5. The minimum absolute atomic E-state index is 0.275. The lowest BCUT2D eigenvalue weighted by atomic mass is 10.1. The molecule has 2 aromatic carbocycles. The Morgan fingerprint density at radius 3 is 2.61 bits per heavy atom. The molecule has 5 rings (SSSR count). The molecule has 0 radical (unpaired) electrons. The molecule has 0 unspecified atom stereocenters. The van der Waals surface area contributed by atoms with Crippen LogP contribution >= 0.6 is 0 Å².